The Hall–Kier alpha value is -6.61. The maximum Gasteiger partial charge on any atom is 0.326 e. The van der Waals surface area contributed by atoms with E-state index in [0.717, 1.165) is 13.0 Å². The van der Waals surface area contributed by atoms with Crippen molar-refractivity contribution in [2.24, 2.45) is 16.5 Å². The zero-order valence-electron chi connectivity index (χ0n) is 36.3. The molecule has 21 heteroatoms. The number of hydrogen-bond acceptors (Lipinski definition) is 11. The molecule has 12 N–H and O–H groups in total. The molecule has 3 aliphatic rings. The third kappa shape index (κ3) is 14.4. The van der Waals surface area contributed by atoms with Crippen molar-refractivity contribution in [2.45, 2.75) is 107 Å². The van der Waals surface area contributed by atoms with E-state index < -0.39 is 90.8 Å². The van der Waals surface area contributed by atoms with Crippen LogP contribution in [0.1, 0.15) is 62.5 Å². The Kier molecular flexibility index (Phi) is 18.6. The van der Waals surface area contributed by atoms with Gasteiger partial charge in [-0.05, 0) is 69.0 Å². The molecular formula is C44H61N11O10. The van der Waals surface area contributed by atoms with Crippen molar-refractivity contribution in [3.63, 3.8) is 0 Å². The van der Waals surface area contributed by atoms with Crippen LogP contribution in [0.15, 0.2) is 65.7 Å². The summed E-state index contributed by atoms with van der Waals surface area (Å²) in [5.74, 6) is -5.87. The zero-order valence-corrected chi connectivity index (χ0v) is 36.3. The number of nitrogens with two attached hydrogens (primary N) is 2. The van der Waals surface area contributed by atoms with Gasteiger partial charge in [0.2, 0.25) is 41.4 Å². The molecule has 0 bridgehead atoms. The fourth-order valence-corrected chi connectivity index (χ4v) is 8.31. The van der Waals surface area contributed by atoms with Gasteiger partial charge in [-0.1, -0.05) is 60.7 Å². The van der Waals surface area contributed by atoms with Gasteiger partial charge >= 0.3 is 5.97 Å². The molecule has 65 heavy (non-hydrogen) atoms. The van der Waals surface area contributed by atoms with E-state index in [1.807, 2.05) is 0 Å². The number of amides is 7. The highest BCUT2D eigenvalue weighted by molar-refractivity contribution is 5.97. The number of aliphatic carboxylic acids is 1. The number of aliphatic hydroxyl groups excluding tert-OH is 1. The molecule has 0 aliphatic carbocycles. The molecule has 0 radical (unpaired) electrons. The van der Waals surface area contributed by atoms with E-state index in [4.69, 9.17) is 11.5 Å². The summed E-state index contributed by atoms with van der Waals surface area (Å²) in [4.78, 5) is 114. The molecular weight excluding hydrogens is 843 g/mol. The fourth-order valence-electron chi connectivity index (χ4n) is 8.31. The molecule has 2 aromatic carbocycles. The molecule has 3 heterocycles. The molecule has 3 fully saturated rings. The van der Waals surface area contributed by atoms with Gasteiger partial charge in [-0.15, -0.1) is 0 Å². The van der Waals surface area contributed by atoms with Gasteiger partial charge in [-0.3, -0.25) is 38.6 Å². The van der Waals surface area contributed by atoms with E-state index in [9.17, 15) is 48.6 Å². The van der Waals surface area contributed by atoms with Gasteiger partial charge in [0, 0.05) is 32.5 Å². The van der Waals surface area contributed by atoms with Crippen molar-refractivity contribution in [2.75, 3.05) is 39.3 Å². The van der Waals surface area contributed by atoms with Crippen LogP contribution in [-0.4, -0.2) is 155 Å². The van der Waals surface area contributed by atoms with Crippen molar-refractivity contribution in [3.05, 3.63) is 71.8 Å². The van der Waals surface area contributed by atoms with Crippen LogP contribution in [0, 0.1) is 0 Å². The molecule has 0 saturated carbocycles. The first kappa shape index (κ1) is 49.4. The molecule has 7 atom stereocenters. The lowest BCUT2D eigenvalue weighted by Gasteiger charge is -2.30. The summed E-state index contributed by atoms with van der Waals surface area (Å²) in [6.45, 7) is 0.0243. The van der Waals surface area contributed by atoms with Gasteiger partial charge in [0.1, 0.15) is 36.3 Å². The molecule has 5 rings (SSSR count). The van der Waals surface area contributed by atoms with E-state index in [1.54, 1.807) is 65.6 Å². The summed E-state index contributed by atoms with van der Waals surface area (Å²) in [5, 5.41) is 36.4. The molecule has 2 aromatic rings. The quantitative estimate of drug-likeness (QED) is 0.0330. The Morgan fingerprint density at radius 3 is 1.83 bits per heavy atom. The topological polar surface area (TPSA) is 320 Å². The van der Waals surface area contributed by atoms with Crippen LogP contribution < -0.4 is 43.4 Å². The number of nitrogens with one attached hydrogen (secondary N) is 6. The maximum absolute atomic E-state index is 14.0. The van der Waals surface area contributed by atoms with Crippen molar-refractivity contribution in [3.8, 4) is 0 Å². The van der Waals surface area contributed by atoms with Gasteiger partial charge in [0.25, 0.3) is 0 Å². The van der Waals surface area contributed by atoms with Crippen LogP contribution in [0.4, 0.5) is 0 Å². The minimum Gasteiger partial charge on any atom is -0.480 e. The third-order valence-corrected chi connectivity index (χ3v) is 11.7. The SMILES string of the molecule is NC(N)=NCCC[C@H](NC(=O)[C@H](Cc1ccccc1)NC(=O)[C@@H]1CCCN1C(=O)[C@H](CO)NC(=O)[C@@H](Cc1ccccc1)NC(=O)CNC(=O)[C@@H]1CCCN1C(=O)[C@@H]1CCCN1)C(=O)O. The first-order chi connectivity index (χ1) is 31.2. The van der Waals surface area contributed by atoms with Crippen molar-refractivity contribution in [1.29, 1.82) is 0 Å². The molecule has 352 valence electrons. The predicted octanol–water partition coefficient (Wildman–Crippen LogP) is -2.61. The number of carboxylic acids is 1. The van der Waals surface area contributed by atoms with Gasteiger partial charge in [0.05, 0.1) is 19.2 Å². The summed E-state index contributed by atoms with van der Waals surface area (Å²) in [5.41, 5.74) is 12.0. The predicted molar refractivity (Wildman–Crippen MR) is 236 cm³/mol. The Morgan fingerprint density at radius 2 is 1.28 bits per heavy atom. The van der Waals surface area contributed by atoms with Crippen LogP contribution in [0.5, 0.6) is 0 Å². The van der Waals surface area contributed by atoms with Gasteiger partial charge in [-0.2, -0.15) is 0 Å². The van der Waals surface area contributed by atoms with Crippen molar-refractivity contribution < 1.29 is 48.6 Å². The van der Waals surface area contributed by atoms with Crippen LogP contribution in [0.2, 0.25) is 0 Å². The Labute approximate surface area is 376 Å². The number of carboxylic acid groups (broad SMARTS) is 1. The molecule has 3 aliphatic heterocycles. The highest BCUT2D eigenvalue weighted by Crippen LogP contribution is 2.22. The van der Waals surface area contributed by atoms with E-state index in [0.29, 0.717) is 43.4 Å². The number of rotatable bonds is 22. The monoisotopic (exact) mass is 903 g/mol. The number of aliphatic imine (C=N–C) groups is 1. The summed E-state index contributed by atoms with van der Waals surface area (Å²) in [7, 11) is 0. The van der Waals surface area contributed by atoms with E-state index in [1.165, 1.54) is 4.90 Å². The van der Waals surface area contributed by atoms with Gasteiger partial charge < -0.3 is 63.4 Å². The number of benzene rings is 2. The highest BCUT2D eigenvalue weighted by atomic mass is 16.4. The lowest BCUT2D eigenvalue weighted by Crippen LogP contribution is -2.60. The first-order valence-corrected chi connectivity index (χ1v) is 22.0. The Morgan fingerprint density at radius 1 is 0.708 bits per heavy atom. The number of carbonyl (C=O) groups is 8. The van der Waals surface area contributed by atoms with Crippen LogP contribution in [0.3, 0.4) is 0 Å². The van der Waals surface area contributed by atoms with Crippen LogP contribution in [-0.2, 0) is 51.2 Å². The van der Waals surface area contributed by atoms with E-state index >= 15 is 0 Å². The Bertz CT molecular complexity index is 2010. The summed E-state index contributed by atoms with van der Waals surface area (Å²) in [6, 6.07) is 9.92. The van der Waals surface area contributed by atoms with Crippen LogP contribution in [0.25, 0.3) is 0 Å². The maximum atomic E-state index is 14.0. The second kappa shape index (κ2) is 24.5. The molecule has 0 unspecified atom stereocenters. The number of nitrogens with zero attached hydrogens (tertiary/aromatic N) is 3. The molecule has 21 nitrogen and oxygen atoms in total. The number of hydrogen-bond donors (Lipinski definition) is 10. The largest absolute Gasteiger partial charge is 0.480 e. The summed E-state index contributed by atoms with van der Waals surface area (Å²) < 4.78 is 0. The second-order valence-corrected chi connectivity index (χ2v) is 16.4. The lowest BCUT2D eigenvalue weighted by molar-refractivity contribution is -0.144. The number of aliphatic hydroxyl groups is 1. The smallest absolute Gasteiger partial charge is 0.326 e. The van der Waals surface area contributed by atoms with Crippen LogP contribution >= 0.6 is 0 Å². The highest BCUT2D eigenvalue weighted by Gasteiger charge is 2.41. The normalized spacial score (nSPS) is 19.8. The number of likely N-dealkylation sites (tertiary alicyclic amines) is 2. The molecule has 0 spiro atoms. The van der Waals surface area contributed by atoms with Gasteiger partial charge in [-0.25, -0.2) is 4.79 Å². The van der Waals surface area contributed by atoms with E-state index in [2.05, 4.69) is 36.9 Å². The number of carbonyl (C=O) groups excluding carboxylic acids is 7. The Balaban J connectivity index is 1.23. The lowest BCUT2D eigenvalue weighted by atomic mass is 10.0. The van der Waals surface area contributed by atoms with E-state index in [-0.39, 0.29) is 63.1 Å². The van der Waals surface area contributed by atoms with Crippen molar-refractivity contribution in [1.82, 2.24) is 41.7 Å². The average molecular weight is 904 g/mol. The summed E-state index contributed by atoms with van der Waals surface area (Å²) in [6.07, 6.45) is 3.42. The fraction of sp³-hybridized carbons (Fsp3) is 0.523. The second-order valence-electron chi connectivity index (χ2n) is 16.4. The third-order valence-electron chi connectivity index (χ3n) is 11.7. The molecule has 7 amide bonds. The van der Waals surface area contributed by atoms with Crippen molar-refractivity contribution >= 4 is 53.3 Å². The molecule has 3 saturated heterocycles. The standard InChI is InChI=1S/C44H61N11O10/c45-44(46)48-20-8-16-30(43(64)65)51-38(59)32(24-28-13-5-2-6-14-28)52-40(61)35-18-10-22-55(35)42(63)33(26-56)53-37(58)31(23-27-11-3-1-4-12-27)50-36(57)25-49-39(60)34-17-9-21-54(34)41(62)29-15-7-19-47-29/h1-6,11-14,29-35,47,56H,7-10,15-26H2,(H,49,60)(H,50,57)(H,51,59)(H,52,61)(H,53,58)(H,64,65)(H4,45,46,48)/t29-,30-,31+,32-,33-,34-,35-/m0/s1. The molecule has 0 aromatic heterocycles. The minimum atomic E-state index is -1.54. The first-order valence-electron chi connectivity index (χ1n) is 22.0. The van der Waals surface area contributed by atoms with Gasteiger partial charge in [0.15, 0.2) is 5.96 Å². The average Bonchev–Trinajstić information content (AvgIpc) is 4.12. The minimum absolute atomic E-state index is 0.00348. The zero-order chi connectivity index (χ0) is 46.9. The number of guanidine groups is 1. The summed E-state index contributed by atoms with van der Waals surface area (Å²) >= 11 is 0.